The molecule has 0 aliphatic heterocycles. The van der Waals surface area contributed by atoms with Gasteiger partial charge in [0.25, 0.3) is 0 Å². The summed E-state index contributed by atoms with van der Waals surface area (Å²) in [5.74, 6) is 0.882. The van der Waals surface area contributed by atoms with Gasteiger partial charge in [-0.15, -0.1) is 0 Å². The van der Waals surface area contributed by atoms with Crippen molar-refractivity contribution in [3.05, 3.63) is 0 Å². The van der Waals surface area contributed by atoms with E-state index in [1.165, 1.54) is 19.3 Å². The maximum absolute atomic E-state index is 11.9. The average Bonchev–Trinajstić information content (AvgIpc) is 2.26. The number of hydrogen-bond acceptors (Lipinski definition) is 2. The molecule has 0 heterocycles. The standard InChI is InChI=1S/C12H24N2O/c1-9(2)11(8-13)14-12(15)10-6-4-3-5-7-10/h9-11H,3-8,13H2,1-2H3,(H,14,15). The van der Waals surface area contributed by atoms with Gasteiger partial charge in [-0.3, -0.25) is 4.79 Å². The highest BCUT2D eigenvalue weighted by Gasteiger charge is 2.23. The zero-order chi connectivity index (χ0) is 11.3. The van der Waals surface area contributed by atoms with Gasteiger partial charge >= 0.3 is 0 Å². The molecule has 3 heteroatoms. The zero-order valence-electron chi connectivity index (χ0n) is 9.96. The van der Waals surface area contributed by atoms with E-state index in [2.05, 4.69) is 19.2 Å². The van der Waals surface area contributed by atoms with Crippen LogP contribution < -0.4 is 11.1 Å². The van der Waals surface area contributed by atoms with Crippen LogP contribution in [-0.2, 0) is 4.79 Å². The number of rotatable bonds is 4. The molecule has 0 aromatic rings. The predicted molar refractivity (Wildman–Crippen MR) is 62.4 cm³/mol. The smallest absolute Gasteiger partial charge is 0.223 e. The molecule has 15 heavy (non-hydrogen) atoms. The van der Waals surface area contributed by atoms with Crippen LogP contribution in [0.5, 0.6) is 0 Å². The number of nitrogens with one attached hydrogen (secondary N) is 1. The molecule has 0 saturated heterocycles. The second kappa shape index (κ2) is 6.11. The van der Waals surface area contributed by atoms with Gasteiger partial charge < -0.3 is 11.1 Å². The van der Waals surface area contributed by atoms with Crippen molar-refractivity contribution in [1.29, 1.82) is 0 Å². The predicted octanol–water partition coefficient (Wildman–Crippen LogP) is 1.67. The van der Waals surface area contributed by atoms with E-state index in [9.17, 15) is 4.79 Å². The van der Waals surface area contributed by atoms with Crippen LogP contribution in [0.3, 0.4) is 0 Å². The fourth-order valence-corrected chi connectivity index (χ4v) is 2.16. The molecule has 1 amide bonds. The minimum Gasteiger partial charge on any atom is -0.352 e. The molecule has 1 aliphatic carbocycles. The maximum Gasteiger partial charge on any atom is 0.223 e. The van der Waals surface area contributed by atoms with Crippen molar-refractivity contribution in [2.24, 2.45) is 17.6 Å². The van der Waals surface area contributed by atoms with Gasteiger partial charge in [0.1, 0.15) is 0 Å². The lowest BCUT2D eigenvalue weighted by Crippen LogP contribution is -2.46. The lowest BCUT2D eigenvalue weighted by atomic mass is 9.88. The number of amides is 1. The molecule has 1 aliphatic rings. The summed E-state index contributed by atoms with van der Waals surface area (Å²) in [5.41, 5.74) is 5.64. The van der Waals surface area contributed by atoms with Crippen molar-refractivity contribution >= 4 is 5.91 Å². The Bertz CT molecular complexity index is 198. The van der Waals surface area contributed by atoms with Crippen LogP contribution in [0.2, 0.25) is 0 Å². The Labute approximate surface area is 92.8 Å². The Morgan fingerprint density at radius 3 is 2.40 bits per heavy atom. The molecule has 1 fully saturated rings. The first kappa shape index (κ1) is 12.5. The van der Waals surface area contributed by atoms with Crippen molar-refractivity contribution in [2.75, 3.05) is 6.54 Å². The fourth-order valence-electron chi connectivity index (χ4n) is 2.16. The van der Waals surface area contributed by atoms with Crippen LogP contribution in [0.15, 0.2) is 0 Å². The van der Waals surface area contributed by atoms with Crippen LogP contribution in [-0.4, -0.2) is 18.5 Å². The van der Waals surface area contributed by atoms with Gasteiger partial charge in [0.15, 0.2) is 0 Å². The zero-order valence-corrected chi connectivity index (χ0v) is 9.96. The van der Waals surface area contributed by atoms with Crippen molar-refractivity contribution in [3.63, 3.8) is 0 Å². The SMILES string of the molecule is CC(C)C(CN)NC(=O)C1CCCCC1. The topological polar surface area (TPSA) is 55.1 Å². The summed E-state index contributed by atoms with van der Waals surface area (Å²) < 4.78 is 0. The van der Waals surface area contributed by atoms with E-state index in [-0.39, 0.29) is 17.9 Å². The molecule has 88 valence electrons. The Balaban J connectivity index is 2.38. The lowest BCUT2D eigenvalue weighted by Gasteiger charge is -2.26. The molecule has 1 atom stereocenters. The highest BCUT2D eigenvalue weighted by atomic mass is 16.1. The van der Waals surface area contributed by atoms with E-state index in [4.69, 9.17) is 5.73 Å². The highest BCUT2D eigenvalue weighted by Crippen LogP contribution is 2.23. The van der Waals surface area contributed by atoms with Crippen LogP contribution in [0.1, 0.15) is 46.0 Å². The summed E-state index contributed by atoms with van der Waals surface area (Å²) in [6, 6.07) is 0.138. The quantitative estimate of drug-likeness (QED) is 0.744. The molecule has 3 nitrogen and oxygen atoms in total. The van der Waals surface area contributed by atoms with Gasteiger partial charge in [-0.1, -0.05) is 33.1 Å². The Morgan fingerprint density at radius 2 is 1.93 bits per heavy atom. The molecule has 1 unspecified atom stereocenters. The van der Waals surface area contributed by atoms with Crippen LogP contribution in [0.25, 0.3) is 0 Å². The molecular weight excluding hydrogens is 188 g/mol. The molecule has 1 rings (SSSR count). The third-order valence-corrected chi connectivity index (χ3v) is 3.36. The van der Waals surface area contributed by atoms with Gasteiger partial charge in [0, 0.05) is 18.5 Å². The van der Waals surface area contributed by atoms with E-state index < -0.39 is 0 Å². The summed E-state index contributed by atoms with van der Waals surface area (Å²) in [5, 5.41) is 3.07. The van der Waals surface area contributed by atoms with Crippen molar-refractivity contribution < 1.29 is 4.79 Å². The molecule has 1 saturated carbocycles. The maximum atomic E-state index is 11.9. The third-order valence-electron chi connectivity index (χ3n) is 3.36. The molecule has 0 radical (unpaired) electrons. The third kappa shape index (κ3) is 3.82. The van der Waals surface area contributed by atoms with Gasteiger partial charge in [-0.25, -0.2) is 0 Å². The summed E-state index contributed by atoms with van der Waals surface area (Å²) in [4.78, 5) is 11.9. The van der Waals surface area contributed by atoms with E-state index >= 15 is 0 Å². The molecule has 0 spiro atoms. The number of carbonyl (C=O) groups is 1. The fraction of sp³-hybridized carbons (Fsp3) is 0.917. The second-order valence-electron chi connectivity index (χ2n) is 4.93. The van der Waals surface area contributed by atoms with Gasteiger partial charge in [0.2, 0.25) is 5.91 Å². The minimum absolute atomic E-state index is 0.138. The first-order valence-electron chi connectivity index (χ1n) is 6.15. The molecule has 0 aromatic carbocycles. The monoisotopic (exact) mass is 212 g/mol. The Hall–Kier alpha value is -0.570. The van der Waals surface area contributed by atoms with Crippen molar-refractivity contribution in [1.82, 2.24) is 5.32 Å². The van der Waals surface area contributed by atoms with E-state index in [0.29, 0.717) is 12.5 Å². The van der Waals surface area contributed by atoms with Gasteiger partial charge in [-0.2, -0.15) is 0 Å². The normalized spacial score (nSPS) is 20.3. The summed E-state index contributed by atoms with van der Waals surface area (Å²) in [6.07, 6.45) is 5.80. The van der Waals surface area contributed by atoms with Crippen LogP contribution in [0.4, 0.5) is 0 Å². The first-order valence-corrected chi connectivity index (χ1v) is 6.15. The first-order chi connectivity index (χ1) is 7.15. The lowest BCUT2D eigenvalue weighted by molar-refractivity contribution is -0.126. The molecular formula is C12H24N2O. The molecule has 3 N–H and O–H groups in total. The van der Waals surface area contributed by atoms with E-state index in [1.54, 1.807) is 0 Å². The largest absolute Gasteiger partial charge is 0.352 e. The average molecular weight is 212 g/mol. The Morgan fingerprint density at radius 1 is 1.33 bits per heavy atom. The molecule has 0 aromatic heterocycles. The molecule has 0 bridgehead atoms. The van der Waals surface area contributed by atoms with Crippen LogP contribution in [0, 0.1) is 11.8 Å². The number of nitrogens with two attached hydrogens (primary N) is 1. The number of hydrogen-bond donors (Lipinski definition) is 2. The van der Waals surface area contributed by atoms with Crippen molar-refractivity contribution in [3.8, 4) is 0 Å². The van der Waals surface area contributed by atoms with Gasteiger partial charge in [0.05, 0.1) is 0 Å². The Kier molecular flexibility index (Phi) is 5.09. The van der Waals surface area contributed by atoms with Crippen LogP contribution >= 0.6 is 0 Å². The summed E-state index contributed by atoms with van der Waals surface area (Å²) in [7, 11) is 0. The summed E-state index contributed by atoms with van der Waals surface area (Å²) in [6.45, 7) is 4.73. The second-order valence-corrected chi connectivity index (χ2v) is 4.93. The summed E-state index contributed by atoms with van der Waals surface area (Å²) >= 11 is 0. The van der Waals surface area contributed by atoms with E-state index in [0.717, 1.165) is 12.8 Å². The van der Waals surface area contributed by atoms with Gasteiger partial charge in [-0.05, 0) is 18.8 Å². The minimum atomic E-state index is 0.138. The van der Waals surface area contributed by atoms with Crippen molar-refractivity contribution in [2.45, 2.75) is 52.0 Å². The highest BCUT2D eigenvalue weighted by molar-refractivity contribution is 5.79. The number of carbonyl (C=O) groups excluding carboxylic acids is 1. The van der Waals surface area contributed by atoms with E-state index in [1.807, 2.05) is 0 Å².